The normalized spacial score (nSPS) is 33.4. The third-order valence-electron chi connectivity index (χ3n) is 6.52. The molecular weight excluding hydrogens is 380 g/mol. The zero-order chi connectivity index (χ0) is 21.4. The van der Waals surface area contributed by atoms with Gasteiger partial charge in [0.2, 0.25) is 0 Å². The summed E-state index contributed by atoms with van der Waals surface area (Å²) in [6.07, 6.45) is -0.644. The number of carbonyl (C=O) groups is 2. The second-order valence-corrected chi connectivity index (χ2v) is 8.04. The molecule has 8 heteroatoms. The Labute approximate surface area is 166 Å². The Kier molecular flexibility index (Phi) is 4.17. The number of benzene rings is 1. The first-order valence-electron chi connectivity index (χ1n) is 9.41. The lowest BCUT2D eigenvalue weighted by Crippen LogP contribution is -2.43. The van der Waals surface area contributed by atoms with Gasteiger partial charge in [-0.05, 0) is 19.4 Å². The summed E-state index contributed by atoms with van der Waals surface area (Å²) in [7, 11) is 0. The first-order chi connectivity index (χ1) is 13.5. The molecule has 0 bridgehead atoms. The Morgan fingerprint density at radius 1 is 0.966 bits per heavy atom. The highest BCUT2D eigenvalue weighted by Gasteiger charge is 2.53. The van der Waals surface area contributed by atoms with Crippen molar-refractivity contribution in [2.45, 2.75) is 44.5 Å². The fourth-order valence-corrected chi connectivity index (χ4v) is 4.82. The first kappa shape index (κ1) is 19.6. The average Bonchev–Trinajstić information content (AvgIpc) is 2.67. The van der Waals surface area contributed by atoms with Crippen molar-refractivity contribution >= 4 is 11.6 Å². The Hall–Kier alpha value is -2.68. The minimum absolute atomic E-state index is 0.0417. The van der Waals surface area contributed by atoms with Crippen LogP contribution in [0.4, 0.5) is 0 Å². The largest absolute Gasteiger partial charge is 0.512 e. The highest BCUT2D eigenvalue weighted by Crippen LogP contribution is 2.55. The smallest absolute Gasteiger partial charge is 0.179 e. The lowest BCUT2D eigenvalue weighted by atomic mass is 9.65. The second kappa shape index (κ2) is 6.16. The highest BCUT2D eigenvalue weighted by molar-refractivity contribution is 6.21. The Balaban J connectivity index is 2.04. The molecule has 3 aliphatic carbocycles. The number of phenols is 2. The van der Waals surface area contributed by atoms with Gasteiger partial charge in [0.1, 0.15) is 23.4 Å². The van der Waals surface area contributed by atoms with Crippen LogP contribution in [-0.2, 0) is 0 Å². The van der Waals surface area contributed by atoms with Crippen LogP contribution in [0, 0.1) is 11.8 Å². The quantitative estimate of drug-likeness (QED) is 0.388. The fraction of sp³-hybridized carbons (Fsp3) is 0.429. The zero-order valence-electron chi connectivity index (χ0n) is 15.9. The number of aromatic hydroxyl groups is 2. The molecule has 5 atom stereocenters. The summed E-state index contributed by atoms with van der Waals surface area (Å²) in [4.78, 5) is 26.4. The summed E-state index contributed by atoms with van der Waals surface area (Å²) >= 11 is 0. The maximum absolute atomic E-state index is 13.2. The van der Waals surface area contributed by atoms with Crippen molar-refractivity contribution in [1.29, 1.82) is 0 Å². The van der Waals surface area contributed by atoms with Gasteiger partial charge in [-0.2, -0.15) is 0 Å². The number of aliphatic hydroxyl groups excluding tert-OH is 3. The number of rotatable bonds is 1. The summed E-state index contributed by atoms with van der Waals surface area (Å²) in [6.45, 7) is 3.20. The molecule has 0 saturated heterocycles. The number of allylic oxidation sites excluding steroid dienone is 4. The van der Waals surface area contributed by atoms with Crippen LogP contribution in [0.3, 0.4) is 0 Å². The van der Waals surface area contributed by atoms with Gasteiger partial charge in [-0.15, -0.1) is 0 Å². The van der Waals surface area contributed by atoms with Crippen LogP contribution in [-0.4, -0.2) is 47.8 Å². The molecule has 1 aromatic carbocycles. The monoisotopic (exact) mass is 402 g/mol. The molecule has 4 rings (SSSR count). The van der Waals surface area contributed by atoms with Gasteiger partial charge in [0.15, 0.2) is 11.6 Å². The van der Waals surface area contributed by atoms with Gasteiger partial charge in [-0.25, -0.2) is 0 Å². The first-order valence-corrected chi connectivity index (χ1v) is 9.41. The van der Waals surface area contributed by atoms with E-state index in [1.54, 1.807) is 13.8 Å². The number of fused-ring (bicyclic) bond motifs is 3. The van der Waals surface area contributed by atoms with E-state index in [9.17, 15) is 40.2 Å². The van der Waals surface area contributed by atoms with Crippen molar-refractivity contribution in [3.05, 3.63) is 45.7 Å². The molecule has 0 aromatic heterocycles. The maximum Gasteiger partial charge on any atom is 0.179 e. The third kappa shape index (κ3) is 2.36. The average molecular weight is 402 g/mol. The molecule has 0 radical (unpaired) electrons. The molecule has 6 N–H and O–H groups in total. The van der Waals surface area contributed by atoms with E-state index in [0.29, 0.717) is 5.57 Å². The minimum atomic E-state index is -1.78. The van der Waals surface area contributed by atoms with Crippen molar-refractivity contribution in [1.82, 2.24) is 0 Å². The number of Topliss-reactive ketones (excluding diaryl/α,β-unsaturated/α-hetero) is 2. The lowest BCUT2D eigenvalue weighted by molar-refractivity contribution is -0.117. The molecule has 8 nitrogen and oxygen atoms in total. The molecular formula is C21H22O8. The van der Waals surface area contributed by atoms with Gasteiger partial charge < -0.3 is 30.6 Å². The van der Waals surface area contributed by atoms with E-state index in [4.69, 9.17) is 0 Å². The van der Waals surface area contributed by atoms with Crippen LogP contribution in [0.1, 0.15) is 70.7 Å². The maximum atomic E-state index is 13.2. The molecule has 0 aliphatic heterocycles. The van der Waals surface area contributed by atoms with E-state index in [-0.39, 0.29) is 29.7 Å². The molecule has 1 aromatic rings. The summed E-state index contributed by atoms with van der Waals surface area (Å²) in [5.41, 5.74) is -2.90. The molecule has 0 fully saturated rings. The SMILES string of the molecule is CC[C@@]1(O)C[C@H](O)c2c(O)c3c(c(O)c2C1O)C(=O)C1C(C)=CC=C(O)C1C3=O. The van der Waals surface area contributed by atoms with Crippen LogP contribution in [0.15, 0.2) is 23.5 Å². The van der Waals surface area contributed by atoms with Crippen molar-refractivity contribution in [2.75, 3.05) is 0 Å². The topological polar surface area (TPSA) is 156 Å². The third-order valence-corrected chi connectivity index (χ3v) is 6.52. The van der Waals surface area contributed by atoms with Crippen molar-refractivity contribution in [3.63, 3.8) is 0 Å². The number of aliphatic hydroxyl groups is 4. The fourth-order valence-electron chi connectivity index (χ4n) is 4.82. The molecule has 0 spiro atoms. The van der Waals surface area contributed by atoms with Gasteiger partial charge in [-0.3, -0.25) is 9.59 Å². The van der Waals surface area contributed by atoms with Crippen LogP contribution in [0.2, 0.25) is 0 Å². The highest BCUT2D eigenvalue weighted by atomic mass is 16.3. The van der Waals surface area contributed by atoms with E-state index >= 15 is 0 Å². The summed E-state index contributed by atoms with van der Waals surface area (Å²) < 4.78 is 0. The van der Waals surface area contributed by atoms with Gasteiger partial charge in [-0.1, -0.05) is 18.6 Å². The zero-order valence-corrected chi connectivity index (χ0v) is 15.9. The summed E-state index contributed by atoms with van der Waals surface area (Å²) in [6, 6.07) is 0. The van der Waals surface area contributed by atoms with Crippen molar-refractivity contribution < 1.29 is 40.2 Å². The molecule has 29 heavy (non-hydrogen) atoms. The predicted octanol–water partition coefficient (Wildman–Crippen LogP) is 1.72. The molecule has 154 valence electrons. The number of hydrogen-bond acceptors (Lipinski definition) is 8. The van der Waals surface area contributed by atoms with Crippen molar-refractivity contribution in [2.24, 2.45) is 11.8 Å². The van der Waals surface area contributed by atoms with Gasteiger partial charge in [0.05, 0.1) is 34.7 Å². The molecule has 0 amide bonds. The van der Waals surface area contributed by atoms with Gasteiger partial charge in [0, 0.05) is 17.5 Å². The number of ketones is 2. The van der Waals surface area contributed by atoms with Crippen LogP contribution in [0.25, 0.3) is 0 Å². The van der Waals surface area contributed by atoms with Gasteiger partial charge in [0.25, 0.3) is 0 Å². The number of carbonyl (C=O) groups excluding carboxylic acids is 2. The Bertz CT molecular complexity index is 1020. The Morgan fingerprint density at radius 3 is 2.10 bits per heavy atom. The predicted molar refractivity (Wildman–Crippen MR) is 99.7 cm³/mol. The van der Waals surface area contributed by atoms with E-state index < -0.39 is 63.8 Å². The number of hydrogen-bond donors (Lipinski definition) is 6. The minimum Gasteiger partial charge on any atom is -0.512 e. The van der Waals surface area contributed by atoms with E-state index in [2.05, 4.69) is 0 Å². The van der Waals surface area contributed by atoms with Gasteiger partial charge >= 0.3 is 0 Å². The molecule has 3 aliphatic rings. The van der Waals surface area contributed by atoms with E-state index in [1.165, 1.54) is 12.2 Å². The second-order valence-electron chi connectivity index (χ2n) is 8.04. The van der Waals surface area contributed by atoms with Crippen molar-refractivity contribution in [3.8, 4) is 11.5 Å². The van der Waals surface area contributed by atoms with E-state index in [1.807, 2.05) is 0 Å². The summed E-state index contributed by atoms with van der Waals surface area (Å²) in [5.74, 6) is -5.55. The number of phenolic OH excluding ortho intramolecular Hbond substituents is 2. The van der Waals surface area contributed by atoms with Crippen LogP contribution in [0.5, 0.6) is 11.5 Å². The molecule has 0 heterocycles. The molecule has 3 unspecified atom stereocenters. The summed E-state index contributed by atoms with van der Waals surface area (Å²) in [5, 5.41) is 63.8. The molecule has 0 saturated carbocycles. The van der Waals surface area contributed by atoms with Crippen LogP contribution < -0.4 is 0 Å². The Morgan fingerprint density at radius 2 is 1.52 bits per heavy atom. The standard InChI is InChI=1S/C21H22O8/c1-3-21(29)6-9(23)12-15(20(21)28)19(27)13-14(18(12)26)17(25)11-8(22)5-4-7(2)10(11)16(13)24/h4-5,9-11,20,22-23,26-29H,3,6H2,1-2H3/t9-,10?,11?,20?,21+/m0/s1. The van der Waals surface area contributed by atoms with E-state index in [0.717, 1.165) is 0 Å². The van der Waals surface area contributed by atoms with Crippen LogP contribution >= 0.6 is 0 Å². The lowest BCUT2D eigenvalue weighted by Gasteiger charge is -2.42.